The third-order valence-electron chi connectivity index (χ3n) is 5.41. The van der Waals surface area contributed by atoms with E-state index in [1.807, 2.05) is 43.3 Å². The number of benzene rings is 2. The molecule has 4 aromatic rings. The van der Waals surface area contributed by atoms with Crippen molar-refractivity contribution in [3.05, 3.63) is 70.3 Å². The Morgan fingerprint density at radius 1 is 1.13 bits per heavy atom. The van der Waals surface area contributed by atoms with E-state index in [-0.39, 0.29) is 25.3 Å². The summed E-state index contributed by atoms with van der Waals surface area (Å²) < 4.78 is 11.2. The summed E-state index contributed by atoms with van der Waals surface area (Å²) in [6.45, 7) is 1.37. The Bertz CT molecular complexity index is 1290. The Balaban J connectivity index is 1.67. The summed E-state index contributed by atoms with van der Waals surface area (Å²) in [6.07, 6.45) is 0.962. The number of fused-ring (bicyclic) bond motifs is 2. The Morgan fingerprint density at radius 3 is 2.65 bits per heavy atom. The average Bonchev–Trinajstić information content (AvgIpc) is 3.19. The van der Waals surface area contributed by atoms with Gasteiger partial charge in [0.2, 0.25) is 5.91 Å². The lowest BCUT2D eigenvalue weighted by atomic mass is 9.99. The van der Waals surface area contributed by atoms with Gasteiger partial charge in [0, 0.05) is 40.9 Å². The fourth-order valence-electron chi connectivity index (χ4n) is 3.66. The molecule has 2 heterocycles. The highest BCUT2D eigenvalue weighted by atomic mass is 16.4. The van der Waals surface area contributed by atoms with Crippen LogP contribution in [0.25, 0.3) is 33.1 Å². The van der Waals surface area contributed by atoms with Crippen LogP contribution in [-0.4, -0.2) is 35.4 Å². The van der Waals surface area contributed by atoms with Crippen LogP contribution in [0.2, 0.25) is 0 Å². The van der Waals surface area contributed by atoms with Gasteiger partial charge in [0.05, 0.1) is 19.0 Å². The van der Waals surface area contributed by atoms with Crippen molar-refractivity contribution in [3.8, 4) is 11.1 Å². The van der Waals surface area contributed by atoms with Crippen LogP contribution >= 0.6 is 0 Å². The van der Waals surface area contributed by atoms with Crippen molar-refractivity contribution < 1.29 is 23.8 Å². The van der Waals surface area contributed by atoms with Crippen LogP contribution in [0.5, 0.6) is 0 Å². The van der Waals surface area contributed by atoms with E-state index in [0.717, 1.165) is 27.5 Å². The molecule has 7 nitrogen and oxygen atoms in total. The number of amides is 1. The van der Waals surface area contributed by atoms with Gasteiger partial charge in [-0.05, 0) is 30.5 Å². The number of carbonyl (C=O) groups excluding carboxylic acids is 1. The van der Waals surface area contributed by atoms with Gasteiger partial charge in [-0.1, -0.05) is 30.3 Å². The molecule has 0 bridgehead atoms. The summed E-state index contributed by atoms with van der Waals surface area (Å²) in [7, 11) is 0. The van der Waals surface area contributed by atoms with Gasteiger partial charge in [0.15, 0.2) is 0 Å². The zero-order valence-corrected chi connectivity index (χ0v) is 17.1. The topological polar surface area (TPSA) is 113 Å². The predicted octanol–water partition coefficient (Wildman–Crippen LogP) is 2.92. The smallest absolute Gasteiger partial charge is 0.339 e. The van der Waals surface area contributed by atoms with E-state index < -0.39 is 18.3 Å². The number of carbonyl (C=O) groups is 1. The second-order valence-corrected chi connectivity index (χ2v) is 7.49. The van der Waals surface area contributed by atoms with E-state index in [1.54, 1.807) is 12.3 Å². The lowest BCUT2D eigenvalue weighted by molar-refractivity contribution is -0.121. The van der Waals surface area contributed by atoms with Gasteiger partial charge >= 0.3 is 5.63 Å². The fourth-order valence-corrected chi connectivity index (χ4v) is 3.66. The third-order valence-corrected chi connectivity index (χ3v) is 5.41. The van der Waals surface area contributed by atoms with Crippen molar-refractivity contribution in [2.24, 2.45) is 0 Å². The quantitative estimate of drug-likeness (QED) is 0.396. The number of aliphatic hydroxyl groups is 2. The molecule has 2 aromatic heterocycles. The van der Waals surface area contributed by atoms with E-state index in [2.05, 4.69) is 5.32 Å². The van der Waals surface area contributed by atoms with Gasteiger partial charge in [0.25, 0.3) is 0 Å². The molecule has 160 valence electrons. The van der Waals surface area contributed by atoms with Crippen molar-refractivity contribution in [3.63, 3.8) is 0 Å². The van der Waals surface area contributed by atoms with Crippen LogP contribution in [0.4, 0.5) is 0 Å². The standard InChI is InChI=1S/C24H23NO6/c1-14-17(7-8-23(28)25-11-16(27)12-26)24(29)31-22-10-21-19(9-18(14)22)20(13-30-21)15-5-3-2-4-6-15/h2-6,9-10,13,16,26-27H,7-8,11-12H2,1H3,(H,25,28)/t16-/m1/s1. The number of aliphatic hydroxyl groups excluding tert-OH is 2. The molecule has 0 unspecified atom stereocenters. The lowest BCUT2D eigenvalue weighted by Crippen LogP contribution is -2.34. The number of rotatable bonds is 7. The summed E-state index contributed by atoms with van der Waals surface area (Å²) in [5.41, 5.74) is 3.75. The average molecular weight is 421 g/mol. The molecular weight excluding hydrogens is 398 g/mol. The van der Waals surface area contributed by atoms with Gasteiger partial charge in [-0.25, -0.2) is 4.79 Å². The zero-order valence-electron chi connectivity index (χ0n) is 17.1. The molecule has 1 atom stereocenters. The number of furan rings is 1. The molecule has 1 amide bonds. The van der Waals surface area contributed by atoms with E-state index in [9.17, 15) is 14.7 Å². The molecule has 0 spiro atoms. The maximum Gasteiger partial charge on any atom is 0.339 e. The van der Waals surface area contributed by atoms with Gasteiger partial charge < -0.3 is 24.4 Å². The van der Waals surface area contributed by atoms with E-state index in [1.165, 1.54) is 0 Å². The molecule has 4 rings (SSSR count). The van der Waals surface area contributed by atoms with Gasteiger partial charge in [-0.2, -0.15) is 0 Å². The van der Waals surface area contributed by atoms with Crippen LogP contribution in [0.3, 0.4) is 0 Å². The zero-order chi connectivity index (χ0) is 22.0. The van der Waals surface area contributed by atoms with Crippen LogP contribution in [0, 0.1) is 6.92 Å². The molecular formula is C24H23NO6. The molecule has 0 aliphatic carbocycles. The van der Waals surface area contributed by atoms with Crippen LogP contribution in [0.15, 0.2) is 62.4 Å². The van der Waals surface area contributed by atoms with Crippen molar-refractivity contribution in [1.29, 1.82) is 0 Å². The Kier molecular flexibility index (Phi) is 5.88. The van der Waals surface area contributed by atoms with Crippen molar-refractivity contribution >= 4 is 27.8 Å². The van der Waals surface area contributed by atoms with Crippen LogP contribution in [-0.2, 0) is 11.2 Å². The Morgan fingerprint density at radius 2 is 1.90 bits per heavy atom. The monoisotopic (exact) mass is 421 g/mol. The second kappa shape index (κ2) is 8.75. The maximum atomic E-state index is 12.5. The minimum absolute atomic E-state index is 0.0403. The van der Waals surface area contributed by atoms with Gasteiger partial charge in [0.1, 0.15) is 11.2 Å². The second-order valence-electron chi connectivity index (χ2n) is 7.49. The summed E-state index contributed by atoms with van der Waals surface area (Å²) in [6, 6.07) is 13.6. The predicted molar refractivity (Wildman–Crippen MR) is 117 cm³/mol. The molecule has 31 heavy (non-hydrogen) atoms. The largest absolute Gasteiger partial charge is 0.464 e. The molecule has 0 aliphatic rings. The SMILES string of the molecule is Cc1c(CCC(=O)NC[C@@H](O)CO)c(=O)oc2cc3occ(-c4ccccc4)c3cc12. The normalized spacial score (nSPS) is 12.4. The molecule has 3 N–H and O–H groups in total. The van der Waals surface area contributed by atoms with Crippen LogP contribution < -0.4 is 10.9 Å². The van der Waals surface area contributed by atoms with Gasteiger partial charge in [-0.15, -0.1) is 0 Å². The lowest BCUT2D eigenvalue weighted by Gasteiger charge is -2.10. The highest BCUT2D eigenvalue weighted by Gasteiger charge is 2.17. The summed E-state index contributed by atoms with van der Waals surface area (Å²) in [5, 5.41) is 22.4. The first-order valence-corrected chi connectivity index (χ1v) is 10.1. The third kappa shape index (κ3) is 4.23. The minimum Gasteiger partial charge on any atom is -0.464 e. The molecule has 0 saturated heterocycles. The minimum atomic E-state index is -1.01. The fraction of sp³-hybridized carbons (Fsp3) is 0.250. The number of hydrogen-bond donors (Lipinski definition) is 3. The molecule has 0 radical (unpaired) electrons. The summed E-state index contributed by atoms with van der Waals surface area (Å²) >= 11 is 0. The first-order chi connectivity index (χ1) is 15.0. The number of aryl methyl sites for hydroxylation is 1. The Labute approximate surface area is 177 Å². The molecule has 0 fully saturated rings. The maximum absolute atomic E-state index is 12.5. The van der Waals surface area contributed by atoms with Crippen molar-refractivity contribution in [2.75, 3.05) is 13.2 Å². The van der Waals surface area contributed by atoms with Crippen LogP contribution in [0.1, 0.15) is 17.5 Å². The molecule has 0 saturated carbocycles. The summed E-state index contributed by atoms with van der Waals surface area (Å²) in [4.78, 5) is 24.6. The first-order valence-electron chi connectivity index (χ1n) is 10.1. The summed E-state index contributed by atoms with van der Waals surface area (Å²) in [5.74, 6) is -0.317. The molecule has 0 aliphatic heterocycles. The van der Waals surface area contributed by atoms with Crippen molar-refractivity contribution in [1.82, 2.24) is 5.32 Å². The number of hydrogen-bond acceptors (Lipinski definition) is 6. The van der Waals surface area contributed by atoms with Crippen molar-refractivity contribution in [2.45, 2.75) is 25.9 Å². The highest BCUT2D eigenvalue weighted by molar-refractivity contribution is 6.02. The van der Waals surface area contributed by atoms with E-state index in [4.69, 9.17) is 13.9 Å². The van der Waals surface area contributed by atoms with E-state index >= 15 is 0 Å². The first kappa shape index (κ1) is 20.8. The van der Waals surface area contributed by atoms with Gasteiger partial charge in [-0.3, -0.25) is 4.79 Å². The molecule has 7 heteroatoms. The van der Waals surface area contributed by atoms with E-state index in [0.29, 0.717) is 16.7 Å². The highest BCUT2D eigenvalue weighted by Crippen LogP contribution is 2.34. The molecule has 2 aromatic carbocycles. The number of nitrogens with one attached hydrogen (secondary N) is 1. The Hall–Kier alpha value is -3.42.